The number of nitrogens with one attached hydrogen (secondary N) is 2. The first-order valence-corrected chi connectivity index (χ1v) is 22.9. The fourth-order valence-electron chi connectivity index (χ4n) is 9.36. The van der Waals surface area contributed by atoms with Gasteiger partial charge in [-0.1, -0.05) is 79.8 Å². The van der Waals surface area contributed by atoms with Gasteiger partial charge in [-0.25, -0.2) is 0 Å². The molecule has 14 heteroatoms. The second kappa shape index (κ2) is 16.8. The molecule has 4 aromatic carbocycles. The van der Waals surface area contributed by atoms with Crippen molar-refractivity contribution in [1.82, 2.24) is 10.2 Å². The molecule has 0 saturated carbocycles. The van der Waals surface area contributed by atoms with Crippen molar-refractivity contribution in [3.63, 3.8) is 0 Å². The van der Waals surface area contributed by atoms with Gasteiger partial charge in [-0.15, -0.1) is 0 Å². The van der Waals surface area contributed by atoms with Gasteiger partial charge in [0.1, 0.15) is 5.75 Å². The van der Waals surface area contributed by atoms with E-state index in [-0.39, 0.29) is 67.7 Å². The number of carbonyl (C=O) groups excluding carboxylic acids is 3. The van der Waals surface area contributed by atoms with Crippen molar-refractivity contribution in [2.45, 2.75) is 75.7 Å². The Balaban J connectivity index is 1.28. The van der Waals surface area contributed by atoms with Crippen LogP contribution in [0.2, 0.25) is 18.6 Å². The van der Waals surface area contributed by atoms with Crippen LogP contribution < -0.4 is 25.5 Å². The second-order valence-corrected chi connectivity index (χ2v) is 20.8. The van der Waals surface area contributed by atoms with Gasteiger partial charge in [0.05, 0.1) is 57.5 Å². The zero-order chi connectivity index (χ0) is 41.2. The highest BCUT2D eigenvalue weighted by molar-refractivity contribution is 6.91. The molecule has 4 aromatic rings. The third-order valence-corrected chi connectivity index (χ3v) is 16.6. The molecule has 0 aromatic heterocycles. The van der Waals surface area contributed by atoms with E-state index in [1.807, 2.05) is 79.7 Å². The molecule has 3 N–H and O–H groups in total. The molecule has 7 rings (SSSR count). The third-order valence-electron chi connectivity index (χ3n) is 12.3. The number of aliphatic hydroxyl groups excluding tert-OH is 1. The normalized spacial score (nSPS) is 22.6. The maximum Gasteiger partial charge on any atom is 0.269 e. The molecular weight excluding hydrogens is 755 g/mol. The Kier molecular flexibility index (Phi) is 11.8. The second-order valence-electron chi connectivity index (χ2n) is 16.1. The summed E-state index contributed by atoms with van der Waals surface area (Å²) in [6.45, 7) is 7.46. The van der Waals surface area contributed by atoms with Gasteiger partial charge in [0, 0.05) is 42.4 Å². The largest absolute Gasteiger partial charge is 0.497 e. The van der Waals surface area contributed by atoms with E-state index in [4.69, 9.17) is 9.47 Å². The predicted molar refractivity (Wildman–Crippen MR) is 224 cm³/mol. The number of methoxy groups -OCH3 is 1. The van der Waals surface area contributed by atoms with Gasteiger partial charge < -0.3 is 35.0 Å². The van der Waals surface area contributed by atoms with E-state index in [9.17, 15) is 24.8 Å². The topological polar surface area (TPSA) is 164 Å². The summed E-state index contributed by atoms with van der Waals surface area (Å²) >= 11 is 0. The molecule has 3 heterocycles. The minimum atomic E-state index is -2.66. The molecule has 0 aliphatic carbocycles. The number of anilines is 2. The Labute approximate surface area is 339 Å². The Bertz CT molecular complexity index is 2160. The first-order valence-electron chi connectivity index (χ1n) is 19.9. The van der Waals surface area contributed by atoms with E-state index >= 15 is 4.79 Å². The molecular formula is C44H51N5O8Si. The summed E-state index contributed by atoms with van der Waals surface area (Å²) in [5.74, 6) is -0.527. The molecule has 0 unspecified atom stereocenters. The number of non-ortho nitro benzene ring substituents is 1. The van der Waals surface area contributed by atoms with Gasteiger partial charge in [0.15, 0.2) is 5.60 Å². The summed E-state index contributed by atoms with van der Waals surface area (Å²) in [7, 11) is -1.05. The van der Waals surface area contributed by atoms with Crippen LogP contribution in [0, 0.1) is 16.0 Å². The first-order chi connectivity index (χ1) is 27.9. The molecule has 0 bridgehead atoms. The number of rotatable bonds is 14. The molecule has 5 atom stereocenters. The minimum Gasteiger partial charge on any atom is -0.497 e. The van der Waals surface area contributed by atoms with Crippen molar-refractivity contribution in [1.29, 1.82) is 0 Å². The molecule has 3 aliphatic rings. The lowest BCUT2D eigenvalue weighted by Gasteiger charge is -2.37. The lowest BCUT2D eigenvalue weighted by Crippen LogP contribution is -2.52. The number of fused-ring (bicyclic) bond motifs is 2. The fourth-order valence-corrected chi connectivity index (χ4v) is 13.4. The lowest BCUT2D eigenvalue weighted by atomic mass is 9.82. The van der Waals surface area contributed by atoms with Crippen LogP contribution >= 0.6 is 0 Å². The summed E-state index contributed by atoms with van der Waals surface area (Å²) in [5.41, 5.74) is 1.02. The molecule has 3 amide bonds. The lowest BCUT2D eigenvalue weighted by molar-refractivity contribution is -0.385. The monoisotopic (exact) mass is 805 g/mol. The van der Waals surface area contributed by atoms with Crippen molar-refractivity contribution < 1.29 is 33.9 Å². The number of carbonyl (C=O) groups is 3. The first kappa shape index (κ1) is 40.8. The highest BCUT2D eigenvalue weighted by Crippen LogP contribution is 2.60. The summed E-state index contributed by atoms with van der Waals surface area (Å²) in [6, 6.07) is 29.0. The molecule has 304 valence electrons. The summed E-state index contributed by atoms with van der Waals surface area (Å²) in [4.78, 5) is 57.7. The zero-order valence-electron chi connectivity index (χ0n) is 33.4. The number of aliphatic hydroxyl groups is 1. The van der Waals surface area contributed by atoms with Crippen LogP contribution in [-0.2, 0) is 37.8 Å². The van der Waals surface area contributed by atoms with Crippen LogP contribution in [0.1, 0.15) is 42.9 Å². The van der Waals surface area contributed by atoms with Crippen LogP contribution in [0.4, 0.5) is 17.1 Å². The van der Waals surface area contributed by atoms with Gasteiger partial charge >= 0.3 is 0 Å². The number of hydrogen-bond acceptors (Lipinski definition) is 9. The number of nitrogens with zero attached hydrogens (tertiary/aromatic N) is 3. The number of benzene rings is 4. The van der Waals surface area contributed by atoms with Crippen molar-refractivity contribution in [3.05, 3.63) is 124 Å². The number of nitro benzene ring substituents is 1. The van der Waals surface area contributed by atoms with Crippen LogP contribution in [0.25, 0.3) is 0 Å². The molecule has 0 radical (unpaired) electrons. The third kappa shape index (κ3) is 7.76. The average Bonchev–Trinajstić information content (AvgIpc) is 3.92. The van der Waals surface area contributed by atoms with E-state index in [2.05, 4.69) is 23.7 Å². The molecule has 2 fully saturated rings. The SMILES string of the molecule is COc1ccc([Si](C)(C)[C@@H]2[C@@H](CC(=O)N(CCO)Cc3ccccc3)O[C@]3(C(=O)N(Cc4cccc(NC(=O)[C@H]5CCCN5)c4)c4ccc([N+](=O)[O-])cc43)[C@H]2C)cc1. The number of amides is 3. The van der Waals surface area contributed by atoms with Gasteiger partial charge in [-0.2, -0.15) is 0 Å². The van der Waals surface area contributed by atoms with E-state index in [1.165, 1.54) is 12.1 Å². The fraction of sp³-hybridized carbons (Fsp3) is 0.386. The smallest absolute Gasteiger partial charge is 0.269 e. The molecule has 58 heavy (non-hydrogen) atoms. The maximum atomic E-state index is 15.3. The summed E-state index contributed by atoms with van der Waals surface area (Å²) in [5, 5.41) is 29.6. The highest BCUT2D eigenvalue weighted by atomic mass is 28.3. The number of hydrogen-bond donors (Lipinski definition) is 3. The van der Waals surface area contributed by atoms with Crippen LogP contribution in [0.5, 0.6) is 5.75 Å². The molecule has 1 spiro atoms. The molecule has 3 aliphatic heterocycles. The Hall–Kier alpha value is -5.41. The summed E-state index contributed by atoms with van der Waals surface area (Å²) < 4.78 is 12.6. The quantitative estimate of drug-likeness (QED) is 0.0853. The summed E-state index contributed by atoms with van der Waals surface area (Å²) in [6.07, 6.45) is 0.877. The zero-order valence-corrected chi connectivity index (χ0v) is 34.4. The van der Waals surface area contributed by atoms with E-state index in [0.29, 0.717) is 22.7 Å². The standard InChI is InChI=1S/C44H51N5O8Si/c1-29-41(58(3,4)35-18-16-34(56-2)17-19-35)39(26-40(51)47(22-23-50)27-30-10-6-5-7-11-30)57-44(29)36-25-33(49(54)55)15-20-38(36)48(43(44)53)28-31-12-8-13-32(24-31)46-42(52)37-14-9-21-45-37/h5-8,10-13,15-20,24-25,29,37,39,41,45,50H,9,14,21-23,26-28H2,1-4H3,(H,46,52)/t29-,37+,39+,41-,44+/m0/s1. The van der Waals surface area contributed by atoms with E-state index in [0.717, 1.165) is 35.7 Å². The van der Waals surface area contributed by atoms with Crippen LogP contribution in [0.15, 0.2) is 97.1 Å². The molecule has 13 nitrogen and oxygen atoms in total. The van der Waals surface area contributed by atoms with Gasteiger partial charge in [0.25, 0.3) is 11.6 Å². The van der Waals surface area contributed by atoms with Gasteiger partial charge in [-0.3, -0.25) is 24.5 Å². The Morgan fingerprint density at radius 2 is 1.79 bits per heavy atom. The highest BCUT2D eigenvalue weighted by Gasteiger charge is 2.66. The van der Waals surface area contributed by atoms with Gasteiger partial charge in [0.2, 0.25) is 11.8 Å². The van der Waals surface area contributed by atoms with E-state index < -0.39 is 30.6 Å². The van der Waals surface area contributed by atoms with E-state index in [1.54, 1.807) is 29.0 Å². The van der Waals surface area contributed by atoms with Crippen molar-refractivity contribution >= 4 is 48.0 Å². The van der Waals surface area contributed by atoms with Crippen molar-refractivity contribution in [2.24, 2.45) is 5.92 Å². The van der Waals surface area contributed by atoms with Crippen molar-refractivity contribution in [3.8, 4) is 5.75 Å². The van der Waals surface area contributed by atoms with Crippen LogP contribution in [0.3, 0.4) is 0 Å². The number of ether oxygens (including phenoxy) is 2. The Morgan fingerprint density at radius 3 is 2.47 bits per heavy atom. The van der Waals surface area contributed by atoms with Crippen molar-refractivity contribution in [2.75, 3.05) is 37.0 Å². The maximum absolute atomic E-state index is 15.3. The predicted octanol–water partition coefficient (Wildman–Crippen LogP) is 5.47. The van der Waals surface area contributed by atoms with Gasteiger partial charge in [-0.05, 0) is 66.4 Å². The number of nitro groups is 1. The van der Waals surface area contributed by atoms with Crippen LogP contribution in [-0.4, -0.2) is 79.7 Å². The minimum absolute atomic E-state index is 0.0642. The average molecular weight is 806 g/mol. The molecule has 2 saturated heterocycles. The Morgan fingerprint density at radius 1 is 1.05 bits per heavy atom.